The van der Waals surface area contributed by atoms with Crippen LogP contribution in [0.5, 0.6) is 17.2 Å². The minimum Gasteiger partial charge on any atom is -0.504 e. The first kappa shape index (κ1) is 17.2. The molecule has 0 amide bonds. The predicted octanol–water partition coefficient (Wildman–Crippen LogP) is 4.05. The smallest absolute Gasteiger partial charge is 0.231 e. The van der Waals surface area contributed by atoms with Crippen molar-refractivity contribution < 1.29 is 14.6 Å². The van der Waals surface area contributed by atoms with Gasteiger partial charge in [-0.05, 0) is 48.9 Å². The number of hydrogen-bond acceptors (Lipinski definition) is 8. The third-order valence-electron chi connectivity index (χ3n) is 3.91. The molecule has 0 saturated heterocycles. The van der Waals surface area contributed by atoms with Crippen molar-refractivity contribution in [2.24, 2.45) is 4.99 Å². The monoisotopic (exact) mass is 380 g/mol. The molecule has 136 valence electrons. The van der Waals surface area contributed by atoms with Crippen LogP contribution in [0.4, 0.5) is 5.13 Å². The van der Waals surface area contributed by atoms with Gasteiger partial charge in [0.2, 0.25) is 5.13 Å². The Morgan fingerprint density at radius 3 is 2.89 bits per heavy atom. The molecule has 0 unspecified atom stereocenters. The first-order valence-electron chi connectivity index (χ1n) is 8.29. The van der Waals surface area contributed by atoms with Gasteiger partial charge in [-0.3, -0.25) is 0 Å². The van der Waals surface area contributed by atoms with Crippen LogP contribution in [0.1, 0.15) is 12.5 Å². The number of ether oxygens (including phenoxy) is 2. The van der Waals surface area contributed by atoms with Gasteiger partial charge in [-0.15, -0.1) is 10.2 Å². The minimum absolute atomic E-state index is 0.0813. The lowest BCUT2D eigenvalue weighted by Gasteiger charge is -2.03. The first-order valence-corrected chi connectivity index (χ1v) is 9.10. The molecule has 2 heterocycles. The third-order valence-corrected chi connectivity index (χ3v) is 4.76. The molecular weight excluding hydrogens is 364 g/mol. The molecule has 27 heavy (non-hydrogen) atoms. The van der Waals surface area contributed by atoms with Crippen molar-refractivity contribution in [3.8, 4) is 28.0 Å². The van der Waals surface area contributed by atoms with Crippen LogP contribution in [0.3, 0.4) is 0 Å². The average Bonchev–Trinajstić information content (AvgIpc) is 3.04. The van der Waals surface area contributed by atoms with Gasteiger partial charge in [0.1, 0.15) is 16.5 Å². The van der Waals surface area contributed by atoms with Gasteiger partial charge >= 0.3 is 0 Å². The van der Waals surface area contributed by atoms with Gasteiger partial charge in [-0.1, -0.05) is 11.3 Å². The van der Waals surface area contributed by atoms with Crippen molar-refractivity contribution in [3.05, 3.63) is 42.0 Å². The van der Waals surface area contributed by atoms with E-state index in [1.165, 1.54) is 18.4 Å². The number of benzene rings is 2. The molecule has 0 saturated carbocycles. The molecule has 7 nitrogen and oxygen atoms in total. The second kappa shape index (κ2) is 7.16. The summed E-state index contributed by atoms with van der Waals surface area (Å²) < 4.78 is 10.6. The number of aromatic hydroxyl groups is 1. The van der Waals surface area contributed by atoms with Gasteiger partial charge in [-0.2, -0.15) is 0 Å². The number of fused-ring (bicyclic) bond motifs is 3. The number of methoxy groups -OCH3 is 1. The molecule has 0 bridgehead atoms. The van der Waals surface area contributed by atoms with E-state index < -0.39 is 0 Å². The van der Waals surface area contributed by atoms with Gasteiger partial charge in [-0.25, -0.2) is 9.98 Å². The van der Waals surface area contributed by atoms with Gasteiger partial charge < -0.3 is 14.6 Å². The van der Waals surface area contributed by atoms with E-state index in [1.54, 1.807) is 24.4 Å². The summed E-state index contributed by atoms with van der Waals surface area (Å²) in [4.78, 5) is 8.97. The zero-order valence-corrected chi connectivity index (χ0v) is 15.5. The molecular formula is C19H16N4O3S. The zero-order chi connectivity index (χ0) is 18.8. The number of phenols is 1. The molecule has 0 radical (unpaired) electrons. The Hall–Kier alpha value is -3.26. The average molecular weight is 380 g/mol. The number of rotatable bonds is 5. The SMILES string of the molecule is CCOc1ccc2nc3sc(/N=C/c4ccc(O)c(OC)c4)nnc-3c2c1. The van der Waals surface area contributed by atoms with Crippen molar-refractivity contribution in [2.75, 3.05) is 13.7 Å². The summed E-state index contributed by atoms with van der Waals surface area (Å²) in [5, 5.41) is 20.3. The van der Waals surface area contributed by atoms with Gasteiger partial charge in [0.15, 0.2) is 11.5 Å². The van der Waals surface area contributed by atoms with Gasteiger partial charge in [0, 0.05) is 11.6 Å². The number of hydrogen-bond donors (Lipinski definition) is 1. The Balaban J connectivity index is 1.67. The molecule has 8 heteroatoms. The highest BCUT2D eigenvalue weighted by Crippen LogP contribution is 2.36. The van der Waals surface area contributed by atoms with E-state index in [1.807, 2.05) is 25.1 Å². The van der Waals surface area contributed by atoms with E-state index in [-0.39, 0.29) is 5.75 Å². The maximum absolute atomic E-state index is 9.65. The Labute approximate surface area is 159 Å². The van der Waals surface area contributed by atoms with E-state index in [4.69, 9.17) is 9.47 Å². The number of aromatic nitrogens is 3. The normalized spacial score (nSPS) is 11.5. The van der Waals surface area contributed by atoms with Crippen LogP contribution in [0, 0.1) is 0 Å². The first-order chi connectivity index (χ1) is 13.2. The van der Waals surface area contributed by atoms with Crippen molar-refractivity contribution in [1.82, 2.24) is 15.2 Å². The largest absolute Gasteiger partial charge is 0.504 e. The van der Waals surface area contributed by atoms with Crippen molar-refractivity contribution in [3.63, 3.8) is 0 Å². The number of phenolic OH excluding ortho intramolecular Hbond substituents is 1. The fourth-order valence-electron chi connectivity index (χ4n) is 2.66. The molecule has 0 aromatic heterocycles. The molecule has 1 N–H and O–H groups in total. The molecule has 4 rings (SSSR count). The third kappa shape index (κ3) is 3.39. The summed E-state index contributed by atoms with van der Waals surface area (Å²) >= 11 is 1.36. The Kier molecular flexibility index (Phi) is 4.55. The van der Waals surface area contributed by atoms with E-state index in [2.05, 4.69) is 20.2 Å². The maximum atomic E-state index is 9.65. The summed E-state index contributed by atoms with van der Waals surface area (Å²) in [6.45, 7) is 2.55. The highest BCUT2D eigenvalue weighted by molar-refractivity contribution is 7.18. The topological polar surface area (TPSA) is 89.7 Å². The highest BCUT2D eigenvalue weighted by atomic mass is 32.1. The second-order valence-electron chi connectivity index (χ2n) is 5.65. The Bertz CT molecular complexity index is 1110. The zero-order valence-electron chi connectivity index (χ0n) is 14.7. The van der Waals surface area contributed by atoms with E-state index in [9.17, 15) is 5.11 Å². The molecule has 2 aromatic carbocycles. The minimum atomic E-state index is 0.0813. The lowest BCUT2D eigenvalue weighted by molar-refractivity contribution is 0.341. The number of aliphatic imine (C=N–C) groups is 1. The van der Waals surface area contributed by atoms with Crippen molar-refractivity contribution in [2.45, 2.75) is 6.92 Å². The van der Waals surface area contributed by atoms with Crippen molar-refractivity contribution in [1.29, 1.82) is 0 Å². The summed E-state index contributed by atoms with van der Waals surface area (Å²) in [6.07, 6.45) is 1.64. The predicted molar refractivity (Wildman–Crippen MR) is 105 cm³/mol. The second-order valence-corrected chi connectivity index (χ2v) is 6.61. The highest BCUT2D eigenvalue weighted by Gasteiger charge is 2.16. The van der Waals surface area contributed by atoms with E-state index in [0.717, 1.165) is 32.9 Å². The van der Waals surface area contributed by atoms with Gasteiger partial charge in [0.25, 0.3) is 0 Å². The molecule has 0 spiro atoms. The summed E-state index contributed by atoms with van der Waals surface area (Å²) in [5.41, 5.74) is 2.37. The van der Waals surface area contributed by atoms with Crippen LogP contribution < -0.4 is 9.47 Å². The van der Waals surface area contributed by atoms with E-state index in [0.29, 0.717) is 17.5 Å². The standard InChI is InChI=1S/C19H16N4O3S/c1-3-26-12-5-6-14-13(9-12)17-18(21-14)27-19(23-22-17)20-10-11-4-7-15(24)16(8-11)25-2/h4-10,24H,3H2,1-2H3/b20-10+. The Morgan fingerprint density at radius 1 is 1.19 bits per heavy atom. The van der Waals surface area contributed by atoms with Crippen LogP contribution in [0.15, 0.2) is 41.4 Å². The molecule has 2 aliphatic rings. The summed E-state index contributed by atoms with van der Waals surface area (Å²) in [7, 11) is 1.50. The van der Waals surface area contributed by atoms with Gasteiger partial charge in [0.05, 0.1) is 19.2 Å². The van der Waals surface area contributed by atoms with Crippen molar-refractivity contribution >= 4 is 33.6 Å². The molecule has 0 atom stereocenters. The lowest BCUT2D eigenvalue weighted by Crippen LogP contribution is -1.90. The van der Waals surface area contributed by atoms with Crippen LogP contribution in [-0.2, 0) is 0 Å². The van der Waals surface area contributed by atoms with Crippen LogP contribution in [0.25, 0.3) is 21.6 Å². The fraction of sp³-hybridized carbons (Fsp3) is 0.158. The van der Waals surface area contributed by atoms with Crippen LogP contribution in [0.2, 0.25) is 0 Å². The lowest BCUT2D eigenvalue weighted by atomic mass is 10.2. The molecule has 2 aromatic rings. The number of nitrogens with zero attached hydrogens (tertiary/aromatic N) is 4. The molecule has 0 aliphatic carbocycles. The molecule has 2 aliphatic heterocycles. The summed E-state index contributed by atoms with van der Waals surface area (Å²) in [6, 6.07) is 10.7. The van der Waals surface area contributed by atoms with Crippen LogP contribution in [-0.4, -0.2) is 40.2 Å². The quantitative estimate of drug-likeness (QED) is 0.525. The maximum Gasteiger partial charge on any atom is 0.231 e. The fourth-order valence-corrected chi connectivity index (χ4v) is 3.41. The Morgan fingerprint density at radius 2 is 2.07 bits per heavy atom. The molecule has 0 fully saturated rings. The summed E-state index contributed by atoms with van der Waals surface area (Å²) in [5.74, 6) is 1.26. The van der Waals surface area contributed by atoms with Crippen LogP contribution >= 0.6 is 11.3 Å². The van der Waals surface area contributed by atoms with E-state index >= 15 is 0 Å².